The molecule has 1 N–H and O–H groups in total. The largest absolute Gasteiger partial charge is 0.322 e. The lowest BCUT2D eigenvalue weighted by atomic mass is 10.1. The highest BCUT2D eigenvalue weighted by atomic mass is 32.2. The first-order chi connectivity index (χ1) is 12.9. The molecule has 1 aliphatic rings. The lowest BCUT2D eigenvalue weighted by molar-refractivity contribution is 0.102. The van der Waals surface area contributed by atoms with Gasteiger partial charge in [-0.3, -0.25) is 4.79 Å². The van der Waals surface area contributed by atoms with Crippen molar-refractivity contribution in [3.8, 4) is 6.07 Å². The quantitative estimate of drug-likeness (QED) is 0.859. The molecule has 2 aromatic carbocycles. The third-order valence-corrected chi connectivity index (χ3v) is 6.55. The molecule has 0 aliphatic carbocycles. The van der Waals surface area contributed by atoms with Gasteiger partial charge in [0.1, 0.15) is 0 Å². The Balaban J connectivity index is 1.83. The van der Waals surface area contributed by atoms with E-state index in [-0.39, 0.29) is 10.8 Å². The zero-order chi connectivity index (χ0) is 19.4. The number of sulfonamides is 1. The summed E-state index contributed by atoms with van der Waals surface area (Å²) in [5.74, 6) is -0.362. The molecule has 7 heteroatoms. The van der Waals surface area contributed by atoms with Gasteiger partial charge in [0, 0.05) is 24.3 Å². The predicted octanol–water partition coefficient (Wildman–Crippen LogP) is 3.10. The van der Waals surface area contributed by atoms with Gasteiger partial charge in [-0.15, -0.1) is 0 Å². The second kappa shape index (κ2) is 7.91. The van der Waals surface area contributed by atoms with Gasteiger partial charge in [0.25, 0.3) is 5.91 Å². The number of rotatable bonds is 5. The molecule has 0 bridgehead atoms. The van der Waals surface area contributed by atoms with Crippen LogP contribution in [0.4, 0.5) is 5.69 Å². The standard InChI is InChI=1S/C20H21N3O3S/c1-15-4-9-18(27(25,26)23-12-2-3-13-23)14-19(15)20(24)22-17-7-5-16(6-8-17)10-11-21/h4-9,14H,2-3,10,12-13H2,1H3,(H,22,24). The van der Waals surface area contributed by atoms with Crippen molar-refractivity contribution >= 4 is 21.6 Å². The minimum Gasteiger partial charge on any atom is -0.322 e. The summed E-state index contributed by atoms with van der Waals surface area (Å²) in [6.07, 6.45) is 2.03. The smallest absolute Gasteiger partial charge is 0.255 e. The van der Waals surface area contributed by atoms with Crippen molar-refractivity contribution in [2.75, 3.05) is 18.4 Å². The number of hydrogen-bond acceptors (Lipinski definition) is 4. The number of nitriles is 1. The van der Waals surface area contributed by atoms with E-state index >= 15 is 0 Å². The molecule has 6 nitrogen and oxygen atoms in total. The van der Waals surface area contributed by atoms with E-state index in [1.165, 1.54) is 10.4 Å². The van der Waals surface area contributed by atoms with E-state index < -0.39 is 10.0 Å². The molecule has 0 saturated carbocycles. The first-order valence-corrected chi connectivity index (χ1v) is 10.2. The summed E-state index contributed by atoms with van der Waals surface area (Å²) in [7, 11) is -3.57. The molecular formula is C20H21N3O3S. The number of anilines is 1. The molecule has 140 valence electrons. The van der Waals surface area contributed by atoms with Gasteiger partial charge in [-0.1, -0.05) is 18.2 Å². The van der Waals surface area contributed by atoms with Gasteiger partial charge in [0.15, 0.2) is 0 Å². The highest BCUT2D eigenvalue weighted by molar-refractivity contribution is 7.89. The Morgan fingerprint density at radius 3 is 2.44 bits per heavy atom. The SMILES string of the molecule is Cc1ccc(S(=O)(=O)N2CCCC2)cc1C(=O)Nc1ccc(CC#N)cc1. The molecule has 2 aromatic rings. The van der Waals surface area contributed by atoms with Crippen LogP contribution in [-0.2, 0) is 16.4 Å². The van der Waals surface area contributed by atoms with Crippen molar-refractivity contribution in [2.24, 2.45) is 0 Å². The monoisotopic (exact) mass is 383 g/mol. The van der Waals surface area contributed by atoms with Crippen LogP contribution in [0.2, 0.25) is 0 Å². The molecule has 0 unspecified atom stereocenters. The average Bonchev–Trinajstić information content (AvgIpc) is 3.19. The van der Waals surface area contributed by atoms with Crippen molar-refractivity contribution in [3.05, 3.63) is 59.2 Å². The molecule has 0 spiro atoms. The molecule has 1 saturated heterocycles. The van der Waals surface area contributed by atoms with Gasteiger partial charge in [-0.2, -0.15) is 9.57 Å². The van der Waals surface area contributed by atoms with Gasteiger partial charge in [-0.25, -0.2) is 8.42 Å². The number of hydrogen-bond donors (Lipinski definition) is 1. The minimum atomic E-state index is -3.57. The molecule has 27 heavy (non-hydrogen) atoms. The molecule has 1 amide bonds. The van der Waals surface area contributed by atoms with Gasteiger partial charge < -0.3 is 5.32 Å². The van der Waals surface area contributed by atoms with Gasteiger partial charge in [-0.05, 0) is 55.2 Å². The van der Waals surface area contributed by atoms with Crippen LogP contribution < -0.4 is 5.32 Å². The zero-order valence-electron chi connectivity index (χ0n) is 15.1. The fourth-order valence-corrected chi connectivity index (χ4v) is 4.62. The summed E-state index contributed by atoms with van der Waals surface area (Å²) in [5, 5.41) is 11.5. The van der Waals surface area contributed by atoms with Crippen molar-refractivity contribution in [2.45, 2.75) is 31.1 Å². The molecule has 1 heterocycles. The minimum absolute atomic E-state index is 0.143. The Morgan fingerprint density at radius 1 is 1.15 bits per heavy atom. The second-order valence-corrected chi connectivity index (χ2v) is 8.51. The van der Waals surface area contributed by atoms with Crippen LogP contribution in [0.5, 0.6) is 0 Å². The van der Waals surface area contributed by atoms with Crippen LogP contribution in [-0.4, -0.2) is 31.7 Å². The summed E-state index contributed by atoms with van der Waals surface area (Å²) in [5.41, 5.74) is 2.49. The highest BCUT2D eigenvalue weighted by Crippen LogP contribution is 2.23. The van der Waals surface area contributed by atoms with Crippen LogP contribution >= 0.6 is 0 Å². The van der Waals surface area contributed by atoms with Crippen molar-refractivity contribution in [1.82, 2.24) is 4.31 Å². The third-order valence-electron chi connectivity index (χ3n) is 4.65. The molecule has 0 atom stereocenters. The molecule has 1 fully saturated rings. The molecule has 3 rings (SSSR count). The number of carbonyl (C=O) groups is 1. The van der Waals surface area contributed by atoms with E-state index in [9.17, 15) is 13.2 Å². The number of aryl methyl sites for hydroxylation is 1. The van der Waals surface area contributed by atoms with Gasteiger partial charge >= 0.3 is 0 Å². The fourth-order valence-electron chi connectivity index (χ4n) is 3.08. The lowest BCUT2D eigenvalue weighted by Crippen LogP contribution is -2.28. The fraction of sp³-hybridized carbons (Fsp3) is 0.300. The summed E-state index contributed by atoms with van der Waals surface area (Å²) in [6, 6.07) is 13.7. The molecule has 1 aliphatic heterocycles. The average molecular weight is 383 g/mol. The Labute approximate surface area is 159 Å². The normalized spacial score (nSPS) is 14.7. The van der Waals surface area contributed by atoms with Crippen LogP contribution in [0.3, 0.4) is 0 Å². The predicted molar refractivity (Wildman–Crippen MR) is 103 cm³/mol. The summed E-state index contributed by atoms with van der Waals surface area (Å²) >= 11 is 0. The van der Waals surface area contributed by atoms with E-state index in [1.54, 1.807) is 43.3 Å². The Morgan fingerprint density at radius 2 is 1.81 bits per heavy atom. The number of carbonyl (C=O) groups excluding carboxylic acids is 1. The zero-order valence-corrected chi connectivity index (χ0v) is 15.9. The Kier molecular flexibility index (Phi) is 5.59. The van der Waals surface area contributed by atoms with Crippen molar-refractivity contribution < 1.29 is 13.2 Å². The Bertz CT molecular complexity index is 986. The van der Waals surface area contributed by atoms with Crippen LogP contribution in [0.25, 0.3) is 0 Å². The summed E-state index contributed by atoms with van der Waals surface area (Å²) in [4.78, 5) is 12.8. The molecule has 0 radical (unpaired) electrons. The second-order valence-electron chi connectivity index (χ2n) is 6.57. The van der Waals surface area contributed by atoms with Crippen LogP contribution in [0, 0.1) is 18.3 Å². The number of benzene rings is 2. The topological polar surface area (TPSA) is 90.3 Å². The molecule has 0 aromatic heterocycles. The number of nitrogens with zero attached hydrogens (tertiary/aromatic N) is 2. The molecular weight excluding hydrogens is 362 g/mol. The highest BCUT2D eigenvalue weighted by Gasteiger charge is 2.28. The van der Waals surface area contributed by atoms with E-state index in [2.05, 4.69) is 11.4 Å². The van der Waals surface area contributed by atoms with Crippen LogP contribution in [0.1, 0.15) is 34.3 Å². The first-order valence-electron chi connectivity index (χ1n) is 8.80. The van der Waals surface area contributed by atoms with Gasteiger partial charge in [0.05, 0.1) is 17.4 Å². The van der Waals surface area contributed by atoms with Crippen molar-refractivity contribution in [1.29, 1.82) is 5.26 Å². The summed E-state index contributed by atoms with van der Waals surface area (Å²) < 4.78 is 27.0. The number of nitrogens with one attached hydrogen (secondary N) is 1. The van der Waals surface area contributed by atoms with Gasteiger partial charge in [0.2, 0.25) is 10.0 Å². The van der Waals surface area contributed by atoms with E-state index in [4.69, 9.17) is 5.26 Å². The maximum atomic E-state index is 12.7. The first kappa shape index (κ1) is 19.1. The van der Waals surface area contributed by atoms with Crippen molar-refractivity contribution in [3.63, 3.8) is 0 Å². The van der Waals surface area contributed by atoms with E-state index in [1.807, 2.05) is 0 Å². The number of amides is 1. The maximum absolute atomic E-state index is 12.7. The van der Waals surface area contributed by atoms with E-state index in [0.717, 1.165) is 18.4 Å². The maximum Gasteiger partial charge on any atom is 0.255 e. The Hall–Kier alpha value is -2.69. The van der Waals surface area contributed by atoms with E-state index in [0.29, 0.717) is 36.3 Å². The summed E-state index contributed by atoms with van der Waals surface area (Å²) in [6.45, 7) is 2.82. The van der Waals surface area contributed by atoms with Crippen LogP contribution in [0.15, 0.2) is 47.4 Å². The third kappa shape index (κ3) is 4.18. The lowest BCUT2D eigenvalue weighted by Gasteiger charge is -2.17.